The van der Waals surface area contributed by atoms with Crippen molar-refractivity contribution in [3.05, 3.63) is 151 Å². The van der Waals surface area contributed by atoms with Gasteiger partial charge in [-0.25, -0.2) is 0 Å². The van der Waals surface area contributed by atoms with Gasteiger partial charge in [0.1, 0.15) is 22.7 Å². The standard InChI is InChI=1S/C45H36O2.C2H6/c1-8-18-28(11-4)39-30-21-14-16-23-32(30)41(33-24-17-15-22-31(33)39)36-26-29-25-27(7)44-42(34(19-9-2)37(12-5)46-44)40(29)43-35(20-10-3)38(13-6)47-45(36)43;1-2/h8-26H,1,4-6H2,2-3,7H3;1-2H3/b19-9-,20-10-,28-18+;. The zero-order valence-corrected chi connectivity index (χ0v) is 29.1. The first kappa shape index (κ1) is 33.1. The van der Waals surface area contributed by atoms with E-state index in [1.165, 1.54) is 0 Å². The Labute approximate surface area is 289 Å². The summed E-state index contributed by atoms with van der Waals surface area (Å²) < 4.78 is 13.3. The zero-order valence-electron chi connectivity index (χ0n) is 29.1. The Kier molecular flexibility index (Phi) is 9.25. The van der Waals surface area contributed by atoms with Gasteiger partial charge < -0.3 is 8.83 Å². The van der Waals surface area contributed by atoms with E-state index in [2.05, 4.69) is 112 Å². The molecule has 0 unspecified atom stereocenters. The van der Waals surface area contributed by atoms with Gasteiger partial charge in [-0.2, -0.15) is 0 Å². The quantitative estimate of drug-likeness (QED) is 0.122. The molecule has 0 N–H and O–H groups in total. The minimum absolute atomic E-state index is 0.730. The van der Waals surface area contributed by atoms with Crippen molar-refractivity contribution in [2.24, 2.45) is 0 Å². The number of aryl methyl sites for hydroxylation is 1. The first-order valence-electron chi connectivity index (χ1n) is 16.9. The topological polar surface area (TPSA) is 26.3 Å². The molecule has 0 fully saturated rings. The summed E-state index contributed by atoms with van der Waals surface area (Å²) in [5, 5.41) is 8.83. The van der Waals surface area contributed by atoms with Crippen molar-refractivity contribution in [1.82, 2.24) is 0 Å². The van der Waals surface area contributed by atoms with E-state index in [9.17, 15) is 0 Å². The molecule has 2 heteroatoms. The monoisotopic (exact) mass is 638 g/mol. The summed E-state index contributed by atoms with van der Waals surface area (Å²) in [4.78, 5) is 0. The number of fused-ring (bicyclic) bond motifs is 7. The second-order valence-electron chi connectivity index (χ2n) is 11.7. The van der Waals surface area contributed by atoms with Crippen molar-refractivity contribution in [1.29, 1.82) is 0 Å². The van der Waals surface area contributed by atoms with Gasteiger partial charge in [0.25, 0.3) is 0 Å². The Hall–Kier alpha value is -5.86. The van der Waals surface area contributed by atoms with Crippen molar-refractivity contribution >= 4 is 84.1 Å². The van der Waals surface area contributed by atoms with Gasteiger partial charge >= 0.3 is 0 Å². The number of hydrogen-bond acceptors (Lipinski definition) is 2. The highest BCUT2D eigenvalue weighted by atomic mass is 16.3. The Bertz CT molecular complexity index is 2500. The Morgan fingerprint density at radius 3 is 1.65 bits per heavy atom. The summed E-state index contributed by atoms with van der Waals surface area (Å²) in [7, 11) is 0. The van der Waals surface area contributed by atoms with E-state index in [-0.39, 0.29) is 0 Å². The van der Waals surface area contributed by atoms with Crippen LogP contribution in [0.4, 0.5) is 0 Å². The SMILES string of the molecule is C=C/C=C(\C=C)c1c2ccccc2c(-c2cc3cc(C)c4oc(C=C)c(/C=C\C)c4c3c3c(/C=C\C)c(C=C)oc23)c2ccccc12.CC. The summed E-state index contributed by atoms with van der Waals surface area (Å²) in [6.07, 6.45) is 17.7. The molecule has 0 saturated carbocycles. The van der Waals surface area contributed by atoms with Crippen LogP contribution in [0.2, 0.25) is 0 Å². The van der Waals surface area contributed by atoms with Crippen molar-refractivity contribution in [3.63, 3.8) is 0 Å². The second kappa shape index (κ2) is 13.7. The van der Waals surface area contributed by atoms with Crippen LogP contribution in [0, 0.1) is 6.92 Å². The number of allylic oxidation sites excluding steroid dienone is 6. The summed E-state index contributed by atoms with van der Waals surface area (Å²) in [5.41, 5.74) is 9.05. The van der Waals surface area contributed by atoms with Gasteiger partial charge in [0, 0.05) is 38.4 Å². The molecule has 0 radical (unpaired) electrons. The minimum atomic E-state index is 0.730. The van der Waals surface area contributed by atoms with Crippen LogP contribution in [0.1, 0.15) is 61.5 Å². The number of rotatable bonds is 8. The Morgan fingerprint density at radius 1 is 0.653 bits per heavy atom. The van der Waals surface area contributed by atoms with Gasteiger partial charge in [0.2, 0.25) is 0 Å². The summed E-state index contributed by atoms with van der Waals surface area (Å²) in [6, 6.07) is 21.7. The molecule has 2 heterocycles. The lowest BCUT2D eigenvalue weighted by Gasteiger charge is -2.19. The molecule has 5 aromatic carbocycles. The molecular weight excluding hydrogens is 597 g/mol. The first-order valence-corrected chi connectivity index (χ1v) is 16.9. The van der Waals surface area contributed by atoms with Gasteiger partial charge in [-0.3, -0.25) is 0 Å². The van der Waals surface area contributed by atoms with Crippen LogP contribution in [-0.4, -0.2) is 0 Å². The molecule has 2 aromatic heterocycles. The van der Waals surface area contributed by atoms with Gasteiger partial charge in [0.05, 0.1) is 0 Å². The van der Waals surface area contributed by atoms with Gasteiger partial charge in [-0.05, 0) is 88.7 Å². The molecule has 49 heavy (non-hydrogen) atoms. The average Bonchev–Trinajstić information content (AvgIpc) is 3.69. The highest BCUT2D eigenvalue weighted by Crippen LogP contribution is 2.49. The van der Waals surface area contributed by atoms with Crippen LogP contribution in [0.25, 0.3) is 95.3 Å². The molecule has 0 bridgehead atoms. The molecular formula is C47H42O2. The van der Waals surface area contributed by atoms with Crippen LogP contribution in [0.3, 0.4) is 0 Å². The van der Waals surface area contributed by atoms with E-state index in [4.69, 9.17) is 8.83 Å². The Balaban J connectivity index is 0.00000205. The molecule has 242 valence electrons. The zero-order chi connectivity index (χ0) is 34.8. The van der Waals surface area contributed by atoms with Crippen LogP contribution in [0.15, 0.2) is 126 Å². The average molecular weight is 639 g/mol. The van der Waals surface area contributed by atoms with E-state index in [0.29, 0.717) is 0 Å². The maximum Gasteiger partial charge on any atom is 0.143 e. The van der Waals surface area contributed by atoms with Gasteiger partial charge in [-0.15, -0.1) is 0 Å². The van der Waals surface area contributed by atoms with Crippen LogP contribution < -0.4 is 0 Å². The number of furan rings is 2. The van der Waals surface area contributed by atoms with Crippen molar-refractivity contribution in [2.75, 3.05) is 0 Å². The van der Waals surface area contributed by atoms with E-state index < -0.39 is 0 Å². The predicted octanol–water partition coefficient (Wildman–Crippen LogP) is 14.7. The molecule has 0 aliphatic heterocycles. The first-order chi connectivity index (χ1) is 24.0. The van der Waals surface area contributed by atoms with E-state index in [1.54, 1.807) is 6.08 Å². The molecule has 0 aliphatic rings. The third kappa shape index (κ3) is 5.12. The third-order valence-electron chi connectivity index (χ3n) is 9.06. The smallest absolute Gasteiger partial charge is 0.143 e. The molecule has 7 rings (SSSR count). The molecule has 0 amide bonds. The number of benzene rings is 5. The maximum atomic E-state index is 6.86. The molecule has 0 aliphatic carbocycles. The molecule has 7 aromatic rings. The number of hydrogen-bond donors (Lipinski definition) is 0. The van der Waals surface area contributed by atoms with Crippen molar-refractivity contribution in [3.8, 4) is 11.1 Å². The van der Waals surface area contributed by atoms with Crippen LogP contribution in [0.5, 0.6) is 0 Å². The summed E-state index contributed by atoms with van der Waals surface area (Å²) in [5.74, 6) is 1.48. The highest BCUT2D eigenvalue weighted by molar-refractivity contribution is 6.29. The van der Waals surface area contributed by atoms with E-state index in [1.807, 2.05) is 58.1 Å². The highest BCUT2D eigenvalue weighted by Gasteiger charge is 2.26. The Morgan fingerprint density at radius 2 is 1.16 bits per heavy atom. The fourth-order valence-electron chi connectivity index (χ4n) is 7.27. The third-order valence-corrected chi connectivity index (χ3v) is 9.06. The minimum Gasteiger partial charge on any atom is -0.456 e. The predicted molar refractivity (Wildman–Crippen MR) is 218 cm³/mol. The van der Waals surface area contributed by atoms with Crippen molar-refractivity contribution < 1.29 is 8.83 Å². The molecule has 0 saturated heterocycles. The molecule has 0 spiro atoms. The fourth-order valence-corrected chi connectivity index (χ4v) is 7.27. The van der Waals surface area contributed by atoms with E-state index >= 15 is 0 Å². The maximum absolute atomic E-state index is 6.86. The van der Waals surface area contributed by atoms with Gasteiger partial charge in [-0.1, -0.05) is 131 Å². The lowest BCUT2D eigenvalue weighted by molar-refractivity contribution is 0.601. The largest absolute Gasteiger partial charge is 0.456 e. The lowest BCUT2D eigenvalue weighted by atomic mass is 9.84. The normalized spacial score (nSPS) is 12.1. The van der Waals surface area contributed by atoms with E-state index in [0.717, 1.165) is 105 Å². The molecule has 0 atom stereocenters. The lowest BCUT2D eigenvalue weighted by Crippen LogP contribution is -1.94. The molecule has 2 nitrogen and oxygen atoms in total. The second-order valence-corrected chi connectivity index (χ2v) is 11.7. The van der Waals surface area contributed by atoms with Crippen LogP contribution >= 0.6 is 0 Å². The fraction of sp³-hybridized carbons (Fsp3) is 0.106. The van der Waals surface area contributed by atoms with Gasteiger partial charge in [0.15, 0.2) is 0 Å². The summed E-state index contributed by atoms with van der Waals surface area (Å²) in [6.45, 7) is 26.5. The van der Waals surface area contributed by atoms with Crippen molar-refractivity contribution in [2.45, 2.75) is 34.6 Å². The van der Waals surface area contributed by atoms with Crippen LogP contribution in [-0.2, 0) is 0 Å². The summed E-state index contributed by atoms with van der Waals surface area (Å²) >= 11 is 0.